The Morgan fingerprint density at radius 1 is 1.10 bits per heavy atom. The highest BCUT2D eigenvalue weighted by Gasteiger charge is 2.25. The second-order valence-corrected chi connectivity index (χ2v) is 8.15. The molecule has 1 amide bonds. The van der Waals surface area contributed by atoms with Gasteiger partial charge in [-0.1, -0.05) is 29.8 Å². The smallest absolute Gasteiger partial charge is 0.251 e. The molecule has 2 aromatic rings. The van der Waals surface area contributed by atoms with Crippen LogP contribution in [0, 0.1) is 6.92 Å². The Balaban J connectivity index is 1.53. The Morgan fingerprint density at radius 3 is 2.62 bits per heavy atom. The summed E-state index contributed by atoms with van der Waals surface area (Å²) in [5, 5.41) is 3.17. The number of anilines is 1. The third kappa shape index (κ3) is 4.62. The topological polar surface area (TPSA) is 44.8 Å². The Bertz CT molecular complexity index is 844. The van der Waals surface area contributed by atoms with Crippen LogP contribution in [0.5, 0.6) is 0 Å². The number of nitrogens with zero attached hydrogens (tertiary/aromatic N) is 2. The lowest BCUT2D eigenvalue weighted by Crippen LogP contribution is -2.44. The van der Waals surface area contributed by atoms with Crippen molar-refractivity contribution in [2.75, 3.05) is 51.3 Å². The normalized spacial score (nSPS) is 18.2. The molecule has 4 rings (SSSR count). The number of ether oxygens (including phenoxy) is 1. The highest BCUT2D eigenvalue weighted by molar-refractivity contribution is 5.94. The van der Waals surface area contributed by atoms with E-state index in [0.29, 0.717) is 12.1 Å². The molecule has 1 atom stereocenters. The number of hydrogen-bond donors (Lipinski definition) is 1. The van der Waals surface area contributed by atoms with Gasteiger partial charge in [0, 0.05) is 44.5 Å². The quantitative estimate of drug-likeness (QED) is 0.848. The summed E-state index contributed by atoms with van der Waals surface area (Å²) >= 11 is 0. The van der Waals surface area contributed by atoms with Gasteiger partial charge in [-0.15, -0.1) is 0 Å². The van der Waals surface area contributed by atoms with E-state index in [9.17, 15) is 4.79 Å². The molecule has 2 aromatic carbocycles. The van der Waals surface area contributed by atoms with Crippen LogP contribution < -0.4 is 10.2 Å². The van der Waals surface area contributed by atoms with E-state index in [-0.39, 0.29) is 11.9 Å². The van der Waals surface area contributed by atoms with Crippen LogP contribution in [0.3, 0.4) is 0 Å². The third-order valence-electron chi connectivity index (χ3n) is 6.10. The minimum Gasteiger partial charge on any atom is -0.379 e. The van der Waals surface area contributed by atoms with Gasteiger partial charge in [-0.25, -0.2) is 0 Å². The van der Waals surface area contributed by atoms with E-state index in [0.717, 1.165) is 44.8 Å². The van der Waals surface area contributed by atoms with Gasteiger partial charge in [-0.2, -0.15) is 0 Å². The van der Waals surface area contributed by atoms with Gasteiger partial charge in [-0.3, -0.25) is 9.69 Å². The third-order valence-corrected chi connectivity index (χ3v) is 6.10. The summed E-state index contributed by atoms with van der Waals surface area (Å²) in [5.74, 6) is -0.0130. The number of fused-ring (bicyclic) bond motifs is 1. The predicted octanol–water partition coefficient (Wildman–Crippen LogP) is 3.18. The number of aryl methyl sites for hydroxylation is 2. The fraction of sp³-hybridized carbons (Fsp3) is 0.458. The maximum atomic E-state index is 12.7. The first-order valence-electron chi connectivity index (χ1n) is 10.6. The Kier molecular flexibility index (Phi) is 6.16. The molecule has 1 saturated heterocycles. The first kappa shape index (κ1) is 19.9. The molecule has 0 saturated carbocycles. The minimum atomic E-state index is -0.0130. The fourth-order valence-electron chi connectivity index (χ4n) is 4.36. The molecule has 1 fully saturated rings. The number of nitrogens with one attached hydrogen (secondary N) is 1. The van der Waals surface area contributed by atoms with Crippen LogP contribution >= 0.6 is 0 Å². The van der Waals surface area contributed by atoms with Gasteiger partial charge < -0.3 is 15.0 Å². The number of hydrogen-bond acceptors (Lipinski definition) is 4. The molecule has 29 heavy (non-hydrogen) atoms. The van der Waals surface area contributed by atoms with Crippen LogP contribution in [-0.4, -0.2) is 57.2 Å². The lowest BCUT2D eigenvalue weighted by atomic mass is 9.95. The van der Waals surface area contributed by atoms with Gasteiger partial charge in [0.05, 0.1) is 19.3 Å². The molecular formula is C24H31N3O2. The van der Waals surface area contributed by atoms with Gasteiger partial charge in [0.1, 0.15) is 0 Å². The standard InChI is InChI=1S/C24H31N3O2/c1-18-5-7-19(8-6-18)24(28)25-17-23(27-12-14-29-15-13-27)21-9-10-22-20(16-21)4-3-11-26(22)2/h5-10,16,23H,3-4,11-15,17H2,1-2H3,(H,25,28)/t23-/m1/s1. The zero-order chi connectivity index (χ0) is 20.2. The second kappa shape index (κ2) is 8.97. The molecule has 0 spiro atoms. The Hall–Kier alpha value is -2.37. The van der Waals surface area contributed by atoms with E-state index >= 15 is 0 Å². The molecule has 2 heterocycles. The van der Waals surface area contributed by atoms with Gasteiger partial charge >= 0.3 is 0 Å². The summed E-state index contributed by atoms with van der Waals surface area (Å²) in [6.45, 7) is 7.02. The second-order valence-electron chi connectivity index (χ2n) is 8.15. The minimum absolute atomic E-state index is 0.0130. The molecule has 0 radical (unpaired) electrons. The lowest BCUT2D eigenvalue weighted by Gasteiger charge is -2.36. The van der Waals surface area contributed by atoms with E-state index in [2.05, 4.69) is 40.4 Å². The maximum absolute atomic E-state index is 12.7. The zero-order valence-corrected chi connectivity index (χ0v) is 17.5. The predicted molar refractivity (Wildman–Crippen MR) is 117 cm³/mol. The molecule has 0 aromatic heterocycles. The largest absolute Gasteiger partial charge is 0.379 e. The first-order valence-corrected chi connectivity index (χ1v) is 10.6. The molecule has 2 aliphatic rings. The fourth-order valence-corrected chi connectivity index (χ4v) is 4.36. The van der Waals surface area contributed by atoms with Crippen molar-refractivity contribution in [1.29, 1.82) is 0 Å². The molecule has 5 nitrogen and oxygen atoms in total. The maximum Gasteiger partial charge on any atom is 0.251 e. The number of carbonyl (C=O) groups excluding carboxylic acids is 1. The monoisotopic (exact) mass is 393 g/mol. The van der Waals surface area contributed by atoms with Crippen molar-refractivity contribution in [2.24, 2.45) is 0 Å². The summed E-state index contributed by atoms with van der Waals surface area (Å²) in [6.07, 6.45) is 2.32. The molecule has 0 aliphatic carbocycles. The SMILES string of the molecule is Cc1ccc(C(=O)NC[C@H](c2ccc3c(c2)CCCN3C)N2CCOCC2)cc1. The Labute approximate surface area is 173 Å². The van der Waals surface area contributed by atoms with Crippen molar-refractivity contribution in [3.8, 4) is 0 Å². The number of carbonyl (C=O) groups is 1. The van der Waals surface area contributed by atoms with Gasteiger partial charge in [-0.05, 0) is 49.1 Å². The van der Waals surface area contributed by atoms with Crippen molar-refractivity contribution in [3.05, 3.63) is 64.7 Å². The van der Waals surface area contributed by atoms with E-state index in [1.165, 1.54) is 23.2 Å². The van der Waals surface area contributed by atoms with E-state index in [4.69, 9.17) is 4.74 Å². The first-order chi connectivity index (χ1) is 14.1. The molecule has 5 heteroatoms. The number of rotatable bonds is 5. The average Bonchev–Trinajstić information content (AvgIpc) is 2.75. The van der Waals surface area contributed by atoms with Crippen LogP contribution in [0.2, 0.25) is 0 Å². The summed E-state index contributed by atoms with van der Waals surface area (Å²) in [4.78, 5) is 17.5. The molecule has 154 valence electrons. The summed E-state index contributed by atoms with van der Waals surface area (Å²) in [6, 6.07) is 14.7. The van der Waals surface area contributed by atoms with E-state index < -0.39 is 0 Å². The van der Waals surface area contributed by atoms with Crippen LogP contribution in [0.25, 0.3) is 0 Å². The number of amides is 1. The number of morpholine rings is 1. The average molecular weight is 394 g/mol. The van der Waals surface area contributed by atoms with Crippen molar-refractivity contribution in [3.63, 3.8) is 0 Å². The van der Waals surface area contributed by atoms with Crippen molar-refractivity contribution < 1.29 is 9.53 Å². The highest BCUT2D eigenvalue weighted by Crippen LogP contribution is 2.31. The lowest BCUT2D eigenvalue weighted by molar-refractivity contribution is 0.0162. The zero-order valence-electron chi connectivity index (χ0n) is 17.5. The highest BCUT2D eigenvalue weighted by atomic mass is 16.5. The summed E-state index contributed by atoms with van der Waals surface area (Å²) in [5.41, 5.74) is 5.91. The van der Waals surface area contributed by atoms with Crippen LogP contribution in [0.15, 0.2) is 42.5 Å². The Morgan fingerprint density at radius 2 is 1.86 bits per heavy atom. The van der Waals surface area contributed by atoms with Gasteiger partial charge in [0.2, 0.25) is 0 Å². The number of benzene rings is 2. The van der Waals surface area contributed by atoms with Crippen molar-refractivity contribution >= 4 is 11.6 Å². The van der Waals surface area contributed by atoms with Crippen LogP contribution in [0.1, 0.15) is 39.5 Å². The molecule has 1 N–H and O–H groups in total. The summed E-state index contributed by atoms with van der Waals surface area (Å²) in [7, 11) is 2.17. The molecule has 0 bridgehead atoms. The van der Waals surface area contributed by atoms with Gasteiger partial charge in [0.15, 0.2) is 0 Å². The van der Waals surface area contributed by atoms with E-state index in [1.54, 1.807) is 0 Å². The van der Waals surface area contributed by atoms with E-state index in [1.807, 2.05) is 31.2 Å². The molecule has 2 aliphatic heterocycles. The van der Waals surface area contributed by atoms with Crippen LogP contribution in [0.4, 0.5) is 5.69 Å². The van der Waals surface area contributed by atoms with Crippen molar-refractivity contribution in [1.82, 2.24) is 10.2 Å². The van der Waals surface area contributed by atoms with Crippen molar-refractivity contribution in [2.45, 2.75) is 25.8 Å². The van der Waals surface area contributed by atoms with Crippen LogP contribution in [-0.2, 0) is 11.2 Å². The summed E-state index contributed by atoms with van der Waals surface area (Å²) < 4.78 is 5.56. The molecule has 0 unspecified atom stereocenters. The van der Waals surface area contributed by atoms with Gasteiger partial charge in [0.25, 0.3) is 5.91 Å². The molecular weight excluding hydrogens is 362 g/mol.